The van der Waals surface area contributed by atoms with E-state index >= 15 is 0 Å². The quantitative estimate of drug-likeness (QED) is 0.782. The fourth-order valence-corrected chi connectivity index (χ4v) is 2.06. The van der Waals surface area contributed by atoms with Crippen LogP contribution in [0.2, 0.25) is 5.02 Å². The summed E-state index contributed by atoms with van der Waals surface area (Å²) in [5.41, 5.74) is 0.953. The molecule has 1 fully saturated rings. The van der Waals surface area contributed by atoms with Crippen molar-refractivity contribution in [2.45, 2.75) is 25.3 Å². The fourth-order valence-electron chi connectivity index (χ4n) is 1.88. The van der Waals surface area contributed by atoms with Gasteiger partial charge in [-0.1, -0.05) is 11.6 Å². The second-order valence-electron chi connectivity index (χ2n) is 4.05. The normalized spacial score (nSPS) is 21.4. The SMILES string of the molecule is Oc1ccc(NC2CCCOCC2)cc1Cl. The van der Waals surface area contributed by atoms with E-state index in [-0.39, 0.29) is 5.75 Å². The van der Waals surface area contributed by atoms with Gasteiger partial charge in [0.2, 0.25) is 0 Å². The van der Waals surface area contributed by atoms with Crippen molar-refractivity contribution in [2.75, 3.05) is 18.5 Å². The number of hydrogen-bond acceptors (Lipinski definition) is 3. The lowest BCUT2D eigenvalue weighted by Gasteiger charge is -2.17. The van der Waals surface area contributed by atoms with E-state index in [1.807, 2.05) is 6.07 Å². The lowest BCUT2D eigenvalue weighted by Crippen LogP contribution is -2.19. The van der Waals surface area contributed by atoms with Crippen LogP contribution in [0, 0.1) is 0 Å². The molecule has 1 unspecified atom stereocenters. The maximum Gasteiger partial charge on any atom is 0.134 e. The van der Waals surface area contributed by atoms with Gasteiger partial charge in [-0.25, -0.2) is 0 Å². The zero-order valence-corrected chi connectivity index (χ0v) is 9.83. The van der Waals surface area contributed by atoms with Crippen LogP contribution in [0.1, 0.15) is 19.3 Å². The lowest BCUT2D eigenvalue weighted by molar-refractivity contribution is 0.144. The monoisotopic (exact) mass is 241 g/mol. The highest BCUT2D eigenvalue weighted by atomic mass is 35.5. The predicted molar refractivity (Wildman–Crippen MR) is 65.2 cm³/mol. The molecule has 0 amide bonds. The van der Waals surface area contributed by atoms with E-state index in [0.29, 0.717) is 11.1 Å². The molecule has 1 aromatic rings. The number of rotatable bonds is 2. The zero-order chi connectivity index (χ0) is 11.4. The van der Waals surface area contributed by atoms with E-state index in [0.717, 1.165) is 38.2 Å². The summed E-state index contributed by atoms with van der Waals surface area (Å²) in [6.45, 7) is 1.66. The summed E-state index contributed by atoms with van der Waals surface area (Å²) in [5.74, 6) is 0.122. The molecular formula is C12H16ClNO2. The molecule has 3 nitrogen and oxygen atoms in total. The van der Waals surface area contributed by atoms with Gasteiger partial charge < -0.3 is 15.2 Å². The van der Waals surface area contributed by atoms with Gasteiger partial charge in [0.15, 0.2) is 0 Å². The van der Waals surface area contributed by atoms with Crippen molar-refractivity contribution in [3.05, 3.63) is 23.2 Å². The molecule has 88 valence electrons. The van der Waals surface area contributed by atoms with Crippen LogP contribution in [-0.4, -0.2) is 24.4 Å². The molecule has 1 aliphatic rings. The number of aromatic hydroxyl groups is 1. The molecule has 1 atom stereocenters. The van der Waals surface area contributed by atoms with E-state index < -0.39 is 0 Å². The van der Waals surface area contributed by atoms with Gasteiger partial charge in [-0.3, -0.25) is 0 Å². The number of anilines is 1. The second kappa shape index (κ2) is 5.41. The van der Waals surface area contributed by atoms with Gasteiger partial charge in [0.1, 0.15) is 5.75 Å². The molecule has 0 aliphatic carbocycles. The third-order valence-corrected chi connectivity index (χ3v) is 3.07. The van der Waals surface area contributed by atoms with Crippen LogP contribution < -0.4 is 5.32 Å². The Balaban J connectivity index is 1.99. The van der Waals surface area contributed by atoms with Crippen molar-refractivity contribution in [3.8, 4) is 5.75 Å². The van der Waals surface area contributed by atoms with Crippen molar-refractivity contribution in [1.29, 1.82) is 0 Å². The molecule has 16 heavy (non-hydrogen) atoms. The van der Waals surface area contributed by atoms with Crippen LogP contribution >= 0.6 is 11.6 Å². The van der Waals surface area contributed by atoms with Gasteiger partial charge in [-0.05, 0) is 37.5 Å². The number of benzene rings is 1. The molecule has 0 saturated carbocycles. The van der Waals surface area contributed by atoms with Crippen LogP contribution in [-0.2, 0) is 4.74 Å². The minimum atomic E-state index is 0.122. The maximum absolute atomic E-state index is 9.31. The number of hydrogen-bond donors (Lipinski definition) is 2. The molecular weight excluding hydrogens is 226 g/mol. The van der Waals surface area contributed by atoms with Crippen molar-refractivity contribution >= 4 is 17.3 Å². The third-order valence-electron chi connectivity index (χ3n) is 2.77. The average molecular weight is 242 g/mol. The lowest BCUT2D eigenvalue weighted by atomic mass is 10.1. The van der Waals surface area contributed by atoms with Crippen LogP contribution in [0.15, 0.2) is 18.2 Å². The van der Waals surface area contributed by atoms with Crippen molar-refractivity contribution < 1.29 is 9.84 Å². The summed E-state index contributed by atoms with van der Waals surface area (Å²) < 4.78 is 5.40. The summed E-state index contributed by atoms with van der Waals surface area (Å²) in [7, 11) is 0. The minimum Gasteiger partial charge on any atom is -0.506 e. The van der Waals surface area contributed by atoms with Gasteiger partial charge in [0.25, 0.3) is 0 Å². The molecule has 0 radical (unpaired) electrons. The number of phenolic OH excluding ortho intramolecular Hbond substituents is 1. The highest BCUT2D eigenvalue weighted by Crippen LogP contribution is 2.27. The molecule has 4 heteroatoms. The largest absolute Gasteiger partial charge is 0.506 e. The Morgan fingerprint density at radius 3 is 3.00 bits per heavy atom. The first kappa shape index (κ1) is 11.6. The highest BCUT2D eigenvalue weighted by molar-refractivity contribution is 6.32. The summed E-state index contributed by atoms with van der Waals surface area (Å²) in [4.78, 5) is 0. The number of phenols is 1. The Morgan fingerprint density at radius 1 is 1.31 bits per heavy atom. The molecule has 0 bridgehead atoms. The van der Waals surface area contributed by atoms with E-state index in [4.69, 9.17) is 16.3 Å². The summed E-state index contributed by atoms with van der Waals surface area (Å²) in [6, 6.07) is 5.64. The first-order valence-corrected chi connectivity index (χ1v) is 5.96. The number of ether oxygens (including phenoxy) is 1. The topological polar surface area (TPSA) is 41.5 Å². The Labute approximate surface area is 100 Å². The Morgan fingerprint density at radius 2 is 2.19 bits per heavy atom. The number of nitrogens with one attached hydrogen (secondary N) is 1. The van der Waals surface area contributed by atoms with Gasteiger partial charge in [0.05, 0.1) is 5.02 Å². The fraction of sp³-hybridized carbons (Fsp3) is 0.500. The Bertz CT molecular complexity index is 349. The molecule has 2 N–H and O–H groups in total. The molecule has 1 heterocycles. The van der Waals surface area contributed by atoms with Crippen molar-refractivity contribution in [1.82, 2.24) is 0 Å². The molecule has 2 rings (SSSR count). The van der Waals surface area contributed by atoms with Gasteiger partial charge >= 0.3 is 0 Å². The Hall–Kier alpha value is -0.930. The zero-order valence-electron chi connectivity index (χ0n) is 9.08. The number of halogens is 1. The molecule has 1 aliphatic heterocycles. The second-order valence-corrected chi connectivity index (χ2v) is 4.46. The van der Waals surface area contributed by atoms with Crippen LogP contribution in [0.25, 0.3) is 0 Å². The maximum atomic E-state index is 9.31. The van der Waals surface area contributed by atoms with E-state index in [1.54, 1.807) is 12.1 Å². The first-order valence-electron chi connectivity index (χ1n) is 5.58. The highest BCUT2D eigenvalue weighted by Gasteiger charge is 2.12. The molecule has 0 aromatic heterocycles. The van der Waals surface area contributed by atoms with Crippen molar-refractivity contribution in [2.24, 2.45) is 0 Å². The van der Waals surface area contributed by atoms with Crippen LogP contribution in [0.3, 0.4) is 0 Å². The summed E-state index contributed by atoms with van der Waals surface area (Å²) >= 11 is 5.85. The minimum absolute atomic E-state index is 0.122. The van der Waals surface area contributed by atoms with E-state index in [2.05, 4.69) is 5.32 Å². The van der Waals surface area contributed by atoms with Gasteiger partial charge in [0, 0.05) is 24.9 Å². The van der Waals surface area contributed by atoms with Crippen LogP contribution in [0.5, 0.6) is 5.75 Å². The van der Waals surface area contributed by atoms with Gasteiger partial charge in [-0.2, -0.15) is 0 Å². The van der Waals surface area contributed by atoms with Gasteiger partial charge in [-0.15, -0.1) is 0 Å². The third kappa shape index (κ3) is 3.03. The standard InChI is InChI=1S/C12H16ClNO2/c13-11-8-10(3-4-12(11)15)14-9-2-1-6-16-7-5-9/h3-4,8-9,14-15H,1-2,5-7H2. The first-order chi connectivity index (χ1) is 7.75. The van der Waals surface area contributed by atoms with E-state index in [9.17, 15) is 5.11 Å². The smallest absolute Gasteiger partial charge is 0.134 e. The molecule has 1 saturated heterocycles. The summed E-state index contributed by atoms with van der Waals surface area (Å²) in [6.07, 6.45) is 3.21. The molecule has 1 aromatic carbocycles. The van der Waals surface area contributed by atoms with E-state index in [1.165, 1.54) is 0 Å². The predicted octanol–water partition coefficient (Wildman–Crippen LogP) is 3.03. The summed E-state index contributed by atoms with van der Waals surface area (Å²) in [5, 5.41) is 13.1. The molecule has 0 spiro atoms. The van der Waals surface area contributed by atoms with Crippen molar-refractivity contribution in [3.63, 3.8) is 0 Å². The van der Waals surface area contributed by atoms with Crippen LogP contribution in [0.4, 0.5) is 5.69 Å². The Kier molecular flexibility index (Phi) is 3.91. The average Bonchev–Trinajstić information content (AvgIpc) is 2.52.